The summed E-state index contributed by atoms with van der Waals surface area (Å²) in [4.78, 5) is 24.0. The van der Waals surface area contributed by atoms with Gasteiger partial charge in [0.2, 0.25) is 0 Å². The van der Waals surface area contributed by atoms with Crippen LogP contribution in [0.5, 0.6) is 0 Å². The molecule has 0 aliphatic carbocycles. The van der Waals surface area contributed by atoms with Gasteiger partial charge in [-0.25, -0.2) is 4.79 Å². The summed E-state index contributed by atoms with van der Waals surface area (Å²) in [6, 6.07) is 4.35. The van der Waals surface area contributed by atoms with Crippen LogP contribution in [0.3, 0.4) is 0 Å². The number of anilines is 1. The Morgan fingerprint density at radius 2 is 2.10 bits per heavy atom. The third-order valence-corrected chi connectivity index (χ3v) is 3.77. The maximum absolute atomic E-state index is 11.6. The molecular formula is C13H14N2O5. The maximum Gasteiger partial charge on any atom is 0.338 e. The second kappa shape index (κ2) is 4.45. The summed E-state index contributed by atoms with van der Waals surface area (Å²) in [5.74, 6) is -0.572. The first kappa shape index (κ1) is 12.9. The fourth-order valence-corrected chi connectivity index (χ4v) is 2.64. The number of carbonyl (C=O) groups is 1. The molecule has 7 nitrogen and oxygen atoms in total. The summed E-state index contributed by atoms with van der Waals surface area (Å²) in [6.45, 7) is 3.08. The normalized spacial score (nSPS) is 19.1. The molecule has 2 saturated heterocycles. The number of nitro benzene ring substituents is 1. The molecule has 0 saturated carbocycles. The lowest BCUT2D eigenvalue weighted by atomic mass is 9.77. The number of rotatable bonds is 3. The highest BCUT2D eigenvalue weighted by molar-refractivity contribution is 5.91. The van der Waals surface area contributed by atoms with Crippen molar-refractivity contribution >= 4 is 17.3 Å². The van der Waals surface area contributed by atoms with E-state index in [1.807, 2.05) is 4.90 Å². The standard InChI is InChI=1S/C13H14N2O5/c1-19-12(16)9-2-10(4-11(3-9)15(17)18)14-5-13(6-14)7-20-8-13/h2-4H,5-8H2,1H3. The average Bonchev–Trinajstić information content (AvgIpc) is 2.34. The highest BCUT2D eigenvalue weighted by Gasteiger charge is 2.49. The molecule has 3 rings (SSSR count). The monoisotopic (exact) mass is 278 g/mol. The van der Waals surface area contributed by atoms with Crippen LogP contribution in [0.2, 0.25) is 0 Å². The Balaban J connectivity index is 1.88. The molecule has 0 radical (unpaired) electrons. The zero-order valence-corrected chi connectivity index (χ0v) is 11.0. The van der Waals surface area contributed by atoms with Crippen molar-refractivity contribution in [2.24, 2.45) is 5.41 Å². The lowest BCUT2D eigenvalue weighted by Crippen LogP contribution is -2.66. The van der Waals surface area contributed by atoms with Crippen molar-refractivity contribution in [1.82, 2.24) is 0 Å². The van der Waals surface area contributed by atoms with Crippen LogP contribution in [0.4, 0.5) is 11.4 Å². The van der Waals surface area contributed by atoms with E-state index in [0.717, 1.165) is 26.3 Å². The maximum atomic E-state index is 11.6. The Morgan fingerprint density at radius 3 is 2.60 bits per heavy atom. The third-order valence-electron chi connectivity index (χ3n) is 3.77. The highest BCUT2D eigenvalue weighted by Crippen LogP contribution is 2.41. The van der Waals surface area contributed by atoms with Gasteiger partial charge in [0.1, 0.15) is 0 Å². The van der Waals surface area contributed by atoms with Crippen LogP contribution in [0, 0.1) is 15.5 Å². The van der Waals surface area contributed by atoms with E-state index < -0.39 is 10.9 Å². The molecule has 106 valence electrons. The summed E-state index contributed by atoms with van der Waals surface area (Å²) < 4.78 is 9.83. The average molecular weight is 278 g/mol. The van der Waals surface area contributed by atoms with E-state index in [0.29, 0.717) is 5.69 Å². The smallest absolute Gasteiger partial charge is 0.338 e. The number of esters is 1. The molecule has 1 spiro atoms. The van der Waals surface area contributed by atoms with Crippen molar-refractivity contribution < 1.29 is 19.2 Å². The van der Waals surface area contributed by atoms with E-state index in [-0.39, 0.29) is 16.7 Å². The van der Waals surface area contributed by atoms with Gasteiger partial charge in [-0.15, -0.1) is 0 Å². The number of nitrogens with zero attached hydrogens (tertiary/aromatic N) is 2. The first-order valence-corrected chi connectivity index (χ1v) is 6.23. The van der Waals surface area contributed by atoms with E-state index in [9.17, 15) is 14.9 Å². The van der Waals surface area contributed by atoms with Crippen molar-refractivity contribution in [3.05, 3.63) is 33.9 Å². The minimum absolute atomic E-state index is 0.103. The van der Waals surface area contributed by atoms with Crippen molar-refractivity contribution in [3.8, 4) is 0 Å². The molecule has 2 aliphatic heterocycles. The summed E-state index contributed by atoms with van der Waals surface area (Å²) in [5, 5.41) is 11.0. The third kappa shape index (κ3) is 2.00. The van der Waals surface area contributed by atoms with Crippen LogP contribution in [-0.4, -0.2) is 44.3 Å². The van der Waals surface area contributed by atoms with E-state index in [1.54, 1.807) is 6.07 Å². The first-order chi connectivity index (χ1) is 9.53. The number of methoxy groups -OCH3 is 1. The molecule has 0 unspecified atom stereocenters. The Hall–Kier alpha value is -2.15. The van der Waals surface area contributed by atoms with Crippen LogP contribution < -0.4 is 4.90 Å². The molecule has 7 heteroatoms. The van der Waals surface area contributed by atoms with Crippen LogP contribution in [0.15, 0.2) is 18.2 Å². The largest absolute Gasteiger partial charge is 0.465 e. The van der Waals surface area contributed by atoms with Gasteiger partial charge in [0.25, 0.3) is 5.69 Å². The van der Waals surface area contributed by atoms with E-state index in [2.05, 4.69) is 4.74 Å². The van der Waals surface area contributed by atoms with E-state index >= 15 is 0 Å². The van der Waals surface area contributed by atoms with E-state index in [4.69, 9.17) is 4.74 Å². The van der Waals surface area contributed by atoms with Crippen molar-refractivity contribution in [1.29, 1.82) is 0 Å². The lowest BCUT2D eigenvalue weighted by molar-refractivity contribution is -0.384. The van der Waals surface area contributed by atoms with Gasteiger partial charge in [0.05, 0.1) is 36.2 Å². The number of hydrogen-bond donors (Lipinski definition) is 0. The molecule has 1 aromatic rings. The number of benzene rings is 1. The van der Waals surface area contributed by atoms with Crippen molar-refractivity contribution in [3.63, 3.8) is 0 Å². The molecule has 1 aromatic carbocycles. The summed E-state index contributed by atoms with van der Waals surface area (Å²) in [7, 11) is 1.26. The number of ether oxygens (including phenoxy) is 2. The predicted octanol–water partition coefficient (Wildman–Crippen LogP) is 1.22. The lowest BCUT2D eigenvalue weighted by Gasteiger charge is -2.56. The van der Waals surface area contributed by atoms with Gasteiger partial charge in [-0.2, -0.15) is 0 Å². The van der Waals surface area contributed by atoms with Gasteiger partial charge >= 0.3 is 5.97 Å². The van der Waals surface area contributed by atoms with Crippen LogP contribution in [-0.2, 0) is 9.47 Å². The van der Waals surface area contributed by atoms with Gasteiger partial charge in [0.15, 0.2) is 0 Å². The quantitative estimate of drug-likeness (QED) is 0.469. The Kier molecular flexibility index (Phi) is 2.86. The molecule has 0 N–H and O–H groups in total. The topological polar surface area (TPSA) is 81.9 Å². The number of carbonyl (C=O) groups excluding carboxylic acids is 1. The molecule has 0 aromatic heterocycles. The molecule has 0 atom stereocenters. The van der Waals surface area contributed by atoms with Gasteiger partial charge in [-0.3, -0.25) is 10.1 Å². The summed E-state index contributed by atoms with van der Waals surface area (Å²) >= 11 is 0. The summed E-state index contributed by atoms with van der Waals surface area (Å²) in [5.41, 5.74) is 0.976. The highest BCUT2D eigenvalue weighted by atomic mass is 16.6. The molecular weight excluding hydrogens is 264 g/mol. The zero-order chi connectivity index (χ0) is 14.3. The fraction of sp³-hybridized carbons (Fsp3) is 0.462. The molecule has 2 heterocycles. The Labute approximate surface area is 115 Å². The van der Waals surface area contributed by atoms with Crippen LogP contribution >= 0.6 is 0 Å². The molecule has 20 heavy (non-hydrogen) atoms. The summed E-state index contributed by atoms with van der Waals surface area (Å²) in [6.07, 6.45) is 0. The van der Waals surface area contributed by atoms with Gasteiger partial charge in [0, 0.05) is 30.9 Å². The molecule has 2 fully saturated rings. The number of hydrogen-bond acceptors (Lipinski definition) is 6. The molecule has 2 aliphatic rings. The van der Waals surface area contributed by atoms with Gasteiger partial charge < -0.3 is 14.4 Å². The minimum atomic E-state index is -0.572. The van der Waals surface area contributed by atoms with Crippen LogP contribution in [0.1, 0.15) is 10.4 Å². The molecule has 0 amide bonds. The van der Waals surface area contributed by atoms with Gasteiger partial charge in [-0.05, 0) is 6.07 Å². The van der Waals surface area contributed by atoms with E-state index in [1.165, 1.54) is 19.2 Å². The minimum Gasteiger partial charge on any atom is -0.465 e. The second-order valence-corrected chi connectivity index (χ2v) is 5.34. The zero-order valence-electron chi connectivity index (χ0n) is 11.0. The first-order valence-electron chi connectivity index (χ1n) is 6.23. The fourth-order valence-electron chi connectivity index (χ4n) is 2.64. The number of non-ortho nitro benzene ring substituents is 1. The predicted molar refractivity (Wildman–Crippen MR) is 69.9 cm³/mol. The van der Waals surface area contributed by atoms with Crippen molar-refractivity contribution in [2.45, 2.75) is 0 Å². The SMILES string of the molecule is COC(=O)c1cc(N2CC3(COC3)C2)cc([N+](=O)[O-])c1. The Morgan fingerprint density at radius 1 is 1.40 bits per heavy atom. The Bertz CT molecular complexity index is 574. The number of nitro groups is 1. The second-order valence-electron chi connectivity index (χ2n) is 5.34. The van der Waals surface area contributed by atoms with Crippen molar-refractivity contribution in [2.75, 3.05) is 38.3 Å². The van der Waals surface area contributed by atoms with Gasteiger partial charge in [-0.1, -0.05) is 0 Å². The molecule has 0 bridgehead atoms. The van der Waals surface area contributed by atoms with Crippen LogP contribution in [0.25, 0.3) is 0 Å².